The summed E-state index contributed by atoms with van der Waals surface area (Å²) in [5, 5.41) is 6.19. The van der Waals surface area contributed by atoms with Crippen LogP contribution in [0.5, 0.6) is 0 Å². The number of nitrogens with one attached hydrogen (secondary N) is 2. The molecule has 146 valence electrons. The molecular formula is C18H17FN4O4S. The van der Waals surface area contributed by atoms with E-state index in [1.165, 1.54) is 24.3 Å². The second-order valence-corrected chi connectivity index (χ2v) is 7.74. The van der Waals surface area contributed by atoms with E-state index in [1.807, 2.05) is 0 Å². The number of benzene rings is 2. The third kappa shape index (κ3) is 4.59. The number of rotatable bonds is 6. The van der Waals surface area contributed by atoms with E-state index in [0.717, 1.165) is 6.07 Å². The Hall–Kier alpha value is -3.11. The molecule has 0 saturated carbocycles. The first-order valence-corrected chi connectivity index (χ1v) is 9.69. The van der Waals surface area contributed by atoms with E-state index in [2.05, 4.69) is 20.2 Å². The Balaban J connectivity index is 1.74. The SMILES string of the molecule is Cc1nc(-c2ccc(C)c(S(=O)(=O)NCC(=O)Nc3cccc(F)c3)c2)no1. The molecule has 1 amide bonds. The van der Waals surface area contributed by atoms with Crippen molar-refractivity contribution in [1.29, 1.82) is 0 Å². The smallest absolute Gasteiger partial charge is 0.241 e. The van der Waals surface area contributed by atoms with Crippen LogP contribution in [-0.2, 0) is 14.8 Å². The molecular weight excluding hydrogens is 387 g/mol. The van der Waals surface area contributed by atoms with E-state index < -0.39 is 28.3 Å². The summed E-state index contributed by atoms with van der Waals surface area (Å²) in [4.78, 5) is 16.1. The maximum absolute atomic E-state index is 13.2. The number of carbonyl (C=O) groups is 1. The zero-order valence-electron chi connectivity index (χ0n) is 15.1. The number of aromatic nitrogens is 2. The van der Waals surface area contributed by atoms with Crippen molar-refractivity contribution >= 4 is 21.6 Å². The second-order valence-electron chi connectivity index (χ2n) is 6.00. The van der Waals surface area contributed by atoms with Crippen molar-refractivity contribution in [2.24, 2.45) is 0 Å². The molecule has 0 bridgehead atoms. The van der Waals surface area contributed by atoms with Gasteiger partial charge in [0.15, 0.2) is 0 Å². The highest BCUT2D eigenvalue weighted by molar-refractivity contribution is 7.89. The highest BCUT2D eigenvalue weighted by Gasteiger charge is 2.20. The average Bonchev–Trinajstić information content (AvgIpc) is 3.07. The fourth-order valence-corrected chi connectivity index (χ4v) is 3.71. The Labute approximate surface area is 160 Å². The minimum Gasteiger partial charge on any atom is -0.339 e. The number of amides is 1. The van der Waals surface area contributed by atoms with Gasteiger partial charge in [-0.15, -0.1) is 0 Å². The van der Waals surface area contributed by atoms with Gasteiger partial charge in [0.05, 0.1) is 11.4 Å². The molecule has 3 rings (SSSR count). The lowest BCUT2D eigenvalue weighted by Crippen LogP contribution is -2.33. The molecule has 0 aliphatic carbocycles. The molecule has 0 unspecified atom stereocenters. The molecule has 0 radical (unpaired) electrons. The van der Waals surface area contributed by atoms with Crippen molar-refractivity contribution in [3.63, 3.8) is 0 Å². The van der Waals surface area contributed by atoms with E-state index in [1.54, 1.807) is 26.0 Å². The lowest BCUT2D eigenvalue weighted by molar-refractivity contribution is -0.115. The average molecular weight is 404 g/mol. The van der Waals surface area contributed by atoms with E-state index in [9.17, 15) is 17.6 Å². The quantitative estimate of drug-likeness (QED) is 0.652. The van der Waals surface area contributed by atoms with Crippen molar-refractivity contribution in [2.75, 3.05) is 11.9 Å². The van der Waals surface area contributed by atoms with Gasteiger partial charge < -0.3 is 9.84 Å². The largest absolute Gasteiger partial charge is 0.339 e. The summed E-state index contributed by atoms with van der Waals surface area (Å²) in [5.74, 6) is -0.524. The highest BCUT2D eigenvalue weighted by Crippen LogP contribution is 2.23. The molecule has 10 heteroatoms. The zero-order chi connectivity index (χ0) is 20.3. The monoisotopic (exact) mass is 404 g/mol. The van der Waals surface area contributed by atoms with Crippen LogP contribution in [-0.4, -0.2) is 31.0 Å². The summed E-state index contributed by atoms with van der Waals surface area (Å²) in [6, 6.07) is 10.00. The molecule has 3 aromatic rings. The molecule has 1 aromatic heterocycles. The standard InChI is InChI=1S/C18H17FN4O4S/c1-11-6-7-13(18-21-12(2)27-23-18)8-16(11)28(25,26)20-10-17(24)22-15-5-3-4-14(19)9-15/h3-9,20H,10H2,1-2H3,(H,22,24). The van der Waals surface area contributed by atoms with E-state index in [4.69, 9.17) is 4.52 Å². The van der Waals surface area contributed by atoms with Crippen molar-refractivity contribution in [1.82, 2.24) is 14.9 Å². The lowest BCUT2D eigenvalue weighted by Gasteiger charge is -2.11. The van der Waals surface area contributed by atoms with Crippen LogP contribution in [0.2, 0.25) is 0 Å². The third-order valence-corrected chi connectivity index (χ3v) is 5.34. The third-order valence-electron chi connectivity index (χ3n) is 3.79. The Morgan fingerprint density at radius 2 is 1.96 bits per heavy atom. The van der Waals surface area contributed by atoms with Gasteiger partial charge in [0.2, 0.25) is 27.6 Å². The highest BCUT2D eigenvalue weighted by atomic mass is 32.2. The van der Waals surface area contributed by atoms with Crippen molar-refractivity contribution in [3.8, 4) is 11.4 Å². The van der Waals surface area contributed by atoms with Gasteiger partial charge in [-0.25, -0.2) is 17.5 Å². The predicted octanol–water partition coefficient (Wildman–Crippen LogP) is 2.41. The van der Waals surface area contributed by atoms with Crippen LogP contribution >= 0.6 is 0 Å². The number of sulfonamides is 1. The number of nitrogens with zero attached hydrogens (tertiary/aromatic N) is 2. The molecule has 2 aromatic carbocycles. The maximum atomic E-state index is 13.2. The van der Waals surface area contributed by atoms with Crippen LogP contribution in [0.25, 0.3) is 11.4 Å². The first kappa shape index (κ1) is 19.6. The Morgan fingerprint density at radius 3 is 2.64 bits per heavy atom. The first-order valence-electron chi connectivity index (χ1n) is 8.21. The topological polar surface area (TPSA) is 114 Å². The van der Waals surface area contributed by atoms with E-state index in [0.29, 0.717) is 17.0 Å². The van der Waals surface area contributed by atoms with Gasteiger partial charge in [-0.3, -0.25) is 4.79 Å². The molecule has 0 atom stereocenters. The Morgan fingerprint density at radius 1 is 1.18 bits per heavy atom. The van der Waals surface area contributed by atoms with Gasteiger partial charge in [0.25, 0.3) is 0 Å². The van der Waals surface area contributed by atoms with Crippen LogP contribution in [0.1, 0.15) is 11.5 Å². The normalized spacial score (nSPS) is 11.4. The summed E-state index contributed by atoms with van der Waals surface area (Å²) in [6.07, 6.45) is 0. The zero-order valence-corrected chi connectivity index (χ0v) is 15.9. The van der Waals surface area contributed by atoms with Crippen LogP contribution in [0, 0.1) is 19.7 Å². The van der Waals surface area contributed by atoms with E-state index >= 15 is 0 Å². The molecule has 0 saturated heterocycles. The number of anilines is 1. The number of carbonyl (C=O) groups excluding carboxylic acids is 1. The minimum absolute atomic E-state index is 0.00833. The molecule has 2 N–H and O–H groups in total. The van der Waals surface area contributed by atoms with Gasteiger partial charge >= 0.3 is 0 Å². The molecule has 0 aliphatic heterocycles. The Kier molecular flexibility index (Phi) is 5.52. The number of aryl methyl sites for hydroxylation is 2. The van der Waals surface area contributed by atoms with Gasteiger partial charge in [-0.2, -0.15) is 4.98 Å². The van der Waals surface area contributed by atoms with Crippen LogP contribution in [0.3, 0.4) is 0 Å². The number of halogens is 1. The van der Waals surface area contributed by atoms with Gasteiger partial charge in [0.1, 0.15) is 5.82 Å². The van der Waals surface area contributed by atoms with Gasteiger partial charge in [-0.05, 0) is 36.8 Å². The fourth-order valence-electron chi connectivity index (χ4n) is 2.45. The summed E-state index contributed by atoms with van der Waals surface area (Å²) in [5.41, 5.74) is 1.18. The minimum atomic E-state index is -3.98. The molecule has 1 heterocycles. The van der Waals surface area contributed by atoms with Crippen molar-refractivity contribution < 1.29 is 22.1 Å². The van der Waals surface area contributed by atoms with Crippen LogP contribution in [0.15, 0.2) is 51.9 Å². The van der Waals surface area contributed by atoms with Crippen molar-refractivity contribution in [2.45, 2.75) is 18.7 Å². The molecule has 28 heavy (non-hydrogen) atoms. The van der Waals surface area contributed by atoms with Gasteiger partial charge in [-0.1, -0.05) is 23.4 Å². The maximum Gasteiger partial charge on any atom is 0.241 e. The molecule has 0 aliphatic rings. The van der Waals surface area contributed by atoms with Crippen molar-refractivity contribution in [3.05, 3.63) is 59.7 Å². The lowest BCUT2D eigenvalue weighted by atomic mass is 10.1. The molecule has 8 nitrogen and oxygen atoms in total. The Bertz CT molecular complexity index is 1130. The van der Waals surface area contributed by atoms with Crippen LogP contribution in [0.4, 0.5) is 10.1 Å². The summed E-state index contributed by atoms with van der Waals surface area (Å²) in [7, 11) is -3.98. The second kappa shape index (κ2) is 7.87. The van der Waals surface area contributed by atoms with Crippen LogP contribution < -0.4 is 10.0 Å². The molecule has 0 spiro atoms. The summed E-state index contributed by atoms with van der Waals surface area (Å²) >= 11 is 0. The fraction of sp³-hybridized carbons (Fsp3) is 0.167. The summed E-state index contributed by atoms with van der Waals surface area (Å²) < 4.78 is 45.6. The van der Waals surface area contributed by atoms with E-state index in [-0.39, 0.29) is 16.4 Å². The number of hydrogen-bond acceptors (Lipinski definition) is 6. The predicted molar refractivity (Wildman–Crippen MR) is 99.4 cm³/mol. The summed E-state index contributed by atoms with van der Waals surface area (Å²) in [6.45, 7) is 2.75. The molecule has 0 fully saturated rings. The number of hydrogen-bond donors (Lipinski definition) is 2. The first-order chi connectivity index (χ1) is 13.2. The van der Waals surface area contributed by atoms with Gasteiger partial charge in [0, 0.05) is 18.2 Å².